The summed E-state index contributed by atoms with van der Waals surface area (Å²) in [5.74, 6) is -1.87. The summed E-state index contributed by atoms with van der Waals surface area (Å²) in [6, 6.07) is 0. The number of ether oxygens (including phenoxy) is 4. The average molecular weight is 559 g/mol. The highest BCUT2D eigenvalue weighted by atomic mass is 16.7. The third-order valence-electron chi connectivity index (χ3n) is 9.55. The highest BCUT2D eigenvalue weighted by molar-refractivity contribution is 5.78. The van der Waals surface area contributed by atoms with E-state index in [0.29, 0.717) is 30.8 Å². The Labute approximate surface area is 237 Å². The first-order chi connectivity index (χ1) is 19.1. The lowest BCUT2D eigenvalue weighted by Gasteiger charge is -2.50. The second-order valence-electron chi connectivity index (χ2n) is 12.7. The first-order valence-electron chi connectivity index (χ1n) is 15.0. The van der Waals surface area contributed by atoms with Crippen molar-refractivity contribution in [2.24, 2.45) is 17.8 Å². The van der Waals surface area contributed by atoms with Gasteiger partial charge < -0.3 is 34.3 Å². The van der Waals surface area contributed by atoms with E-state index >= 15 is 0 Å². The van der Waals surface area contributed by atoms with Gasteiger partial charge in [0.05, 0.1) is 25.4 Å². The van der Waals surface area contributed by atoms with Gasteiger partial charge in [0.25, 0.3) is 0 Å². The number of hydrogen-bond donors (Lipinski definition) is 3. The molecule has 2 bridgehead atoms. The molecule has 0 aromatic carbocycles. The van der Waals surface area contributed by atoms with Crippen LogP contribution in [-0.4, -0.2) is 76.4 Å². The minimum Gasteiger partial charge on any atom is -0.462 e. The maximum Gasteiger partial charge on any atom is 0.316 e. The fraction of sp³-hybridized carbons (Fsp3) is 0.719. The predicted octanol–water partition coefficient (Wildman–Crippen LogP) is 3.90. The highest BCUT2D eigenvalue weighted by Crippen LogP contribution is 2.47. The maximum absolute atomic E-state index is 13.9. The van der Waals surface area contributed by atoms with Crippen LogP contribution in [0.4, 0.5) is 0 Å². The van der Waals surface area contributed by atoms with Crippen LogP contribution in [0.25, 0.3) is 0 Å². The number of aliphatic hydroxyl groups excluding tert-OH is 2. The zero-order valence-electron chi connectivity index (χ0n) is 24.3. The van der Waals surface area contributed by atoms with Crippen molar-refractivity contribution in [1.29, 1.82) is 0 Å². The van der Waals surface area contributed by atoms with Crippen molar-refractivity contribution >= 4 is 5.97 Å². The van der Waals surface area contributed by atoms with E-state index in [-0.39, 0.29) is 30.3 Å². The molecule has 0 radical (unpaired) electrons. The predicted molar refractivity (Wildman–Crippen MR) is 149 cm³/mol. The maximum atomic E-state index is 13.9. The Kier molecular flexibility index (Phi) is 8.77. The largest absolute Gasteiger partial charge is 0.462 e. The zero-order chi connectivity index (χ0) is 28.7. The molecule has 8 nitrogen and oxygen atoms in total. The number of allylic oxidation sites excluding steroid dienone is 4. The Morgan fingerprint density at radius 1 is 1.18 bits per heavy atom. The summed E-state index contributed by atoms with van der Waals surface area (Å²) < 4.78 is 25.3. The molecule has 40 heavy (non-hydrogen) atoms. The molecule has 1 spiro atoms. The molecule has 3 N–H and O–H groups in total. The fourth-order valence-electron chi connectivity index (χ4n) is 7.28. The highest BCUT2D eigenvalue weighted by Gasteiger charge is 2.60. The van der Waals surface area contributed by atoms with Gasteiger partial charge in [0.15, 0.2) is 5.79 Å². The topological polar surface area (TPSA) is 115 Å². The van der Waals surface area contributed by atoms with E-state index in [2.05, 4.69) is 39.8 Å². The van der Waals surface area contributed by atoms with Crippen LogP contribution in [-0.2, 0) is 23.7 Å². The lowest BCUT2D eigenvalue weighted by molar-refractivity contribution is -0.335. The third kappa shape index (κ3) is 5.63. The number of fused-ring (bicyclic) bond motifs is 2. The summed E-state index contributed by atoms with van der Waals surface area (Å²) in [6.07, 6.45) is 11.7. The van der Waals surface area contributed by atoms with Gasteiger partial charge in [-0.15, -0.1) is 0 Å². The van der Waals surface area contributed by atoms with Gasteiger partial charge >= 0.3 is 5.97 Å². The van der Waals surface area contributed by atoms with Crippen LogP contribution in [0.3, 0.4) is 0 Å². The number of aliphatic hydroxyl groups is 3. The first kappa shape index (κ1) is 29.7. The van der Waals surface area contributed by atoms with Crippen LogP contribution >= 0.6 is 0 Å². The lowest BCUT2D eigenvalue weighted by Crippen LogP contribution is -2.58. The SMILES string of the molecule is CC[C@H]1O[C@]2(CC[C@@H]1C)C[C@@H]1C[C@@H](C/C=C(\C)C[C@@H](C)/C=C/C=C3\CO[C@@H]4[C@H](O)C(CO)=C[C@@H](C(=O)O1)[C@]34O)O2. The van der Waals surface area contributed by atoms with Crippen molar-refractivity contribution in [3.8, 4) is 0 Å². The summed E-state index contributed by atoms with van der Waals surface area (Å²) in [5.41, 5.74) is 0.223. The molecule has 0 unspecified atom stereocenters. The summed E-state index contributed by atoms with van der Waals surface area (Å²) in [6.45, 7) is 8.22. The molecular formula is C32H46O8. The number of carbonyl (C=O) groups excluding carboxylic acids is 1. The molecule has 8 heteroatoms. The van der Waals surface area contributed by atoms with Gasteiger partial charge in [0.2, 0.25) is 0 Å². The molecule has 3 saturated heterocycles. The number of rotatable bonds is 2. The number of esters is 1. The number of carbonyl (C=O) groups is 1. The normalized spacial score (nSPS) is 47.8. The van der Waals surface area contributed by atoms with E-state index in [9.17, 15) is 20.1 Å². The molecular weight excluding hydrogens is 512 g/mol. The van der Waals surface area contributed by atoms with E-state index < -0.39 is 48.2 Å². The van der Waals surface area contributed by atoms with Crippen LogP contribution in [0, 0.1) is 17.8 Å². The Balaban J connectivity index is 1.52. The van der Waals surface area contributed by atoms with E-state index in [1.165, 1.54) is 11.6 Å². The minimum absolute atomic E-state index is 0.0685. The van der Waals surface area contributed by atoms with Gasteiger partial charge in [0, 0.05) is 19.3 Å². The molecule has 1 aliphatic carbocycles. The van der Waals surface area contributed by atoms with Crippen molar-refractivity contribution in [3.63, 3.8) is 0 Å². The van der Waals surface area contributed by atoms with Gasteiger partial charge in [-0.25, -0.2) is 0 Å². The fourth-order valence-corrected chi connectivity index (χ4v) is 7.28. The smallest absolute Gasteiger partial charge is 0.316 e. The van der Waals surface area contributed by atoms with Crippen molar-refractivity contribution in [3.05, 3.63) is 47.1 Å². The van der Waals surface area contributed by atoms with Gasteiger partial charge in [-0.3, -0.25) is 4.79 Å². The Bertz CT molecular complexity index is 1080. The molecule has 0 aromatic heterocycles. The Morgan fingerprint density at radius 2 is 1.98 bits per heavy atom. The summed E-state index contributed by atoms with van der Waals surface area (Å²) >= 11 is 0. The molecule has 4 heterocycles. The van der Waals surface area contributed by atoms with Crippen molar-refractivity contribution < 1.29 is 39.1 Å². The van der Waals surface area contributed by atoms with Crippen LogP contribution in [0.5, 0.6) is 0 Å². The molecule has 10 atom stereocenters. The second kappa shape index (κ2) is 11.8. The first-order valence-corrected chi connectivity index (χ1v) is 15.0. The van der Waals surface area contributed by atoms with Gasteiger partial charge in [-0.2, -0.15) is 0 Å². The summed E-state index contributed by atoms with van der Waals surface area (Å²) in [5, 5.41) is 32.9. The van der Waals surface area contributed by atoms with E-state index in [0.717, 1.165) is 25.7 Å². The zero-order valence-corrected chi connectivity index (χ0v) is 24.3. The van der Waals surface area contributed by atoms with Gasteiger partial charge in [-0.05, 0) is 55.6 Å². The van der Waals surface area contributed by atoms with E-state index in [1.807, 2.05) is 6.08 Å². The average Bonchev–Trinajstić information content (AvgIpc) is 3.25. The minimum atomic E-state index is -1.79. The Morgan fingerprint density at radius 3 is 2.73 bits per heavy atom. The third-order valence-corrected chi connectivity index (χ3v) is 9.55. The molecule has 0 aromatic rings. The van der Waals surface area contributed by atoms with E-state index in [4.69, 9.17) is 18.9 Å². The molecule has 222 valence electrons. The second-order valence-corrected chi connectivity index (χ2v) is 12.7. The molecule has 4 aliphatic heterocycles. The molecule has 5 aliphatic rings. The van der Waals surface area contributed by atoms with Crippen molar-refractivity contribution in [2.75, 3.05) is 13.2 Å². The van der Waals surface area contributed by atoms with E-state index in [1.54, 1.807) is 6.08 Å². The molecule has 0 saturated carbocycles. The van der Waals surface area contributed by atoms with Crippen molar-refractivity contribution in [2.45, 2.75) is 115 Å². The van der Waals surface area contributed by atoms with Gasteiger partial charge in [0.1, 0.15) is 29.8 Å². The molecule has 0 amide bonds. The van der Waals surface area contributed by atoms with Crippen LogP contribution in [0.1, 0.15) is 72.6 Å². The monoisotopic (exact) mass is 558 g/mol. The van der Waals surface area contributed by atoms with Crippen LogP contribution < -0.4 is 0 Å². The summed E-state index contributed by atoms with van der Waals surface area (Å²) in [7, 11) is 0. The van der Waals surface area contributed by atoms with Crippen LogP contribution in [0.15, 0.2) is 47.1 Å². The summed E-state index contributed by atoms with van der Waals surface area (Å²) in [4.78, 5) is 13.9. The molecule has 5 rings (SSSR count). The van der Waals surface area contributed by atoms with Gasteiger partial charge in [-0.1, -0.05) is 56.7 Å². The molecule has 3 fully saturated rings. The quantitative estimate of drug-likeness (QED) is 0.346. The Hall–Kier alpha value is -1.81. The standard InChI is InChI=1S/C32H46O8/c1-5-27-21(4)11-12-31(40-27)16-25-15-24(39-31)10-9-20(3)13-19(2)7-6-8-23-18-37-29-28(34)22(17-33)14-26(30(35)38-25)32(23,29)36/h6-9,14,19,21,24-29,33-34,36H,5,10-13,15-18H2,1-4H3/b7-6+,20-9+,23-8+/t19-,21-,24+,25-,26-,27+,28+,29+,31+,32+/m0/s1. The van der Waals surface area contributed by atoms with Crippen molar-refractivity contribution in [1.82, 2.24) is 0 Å². The number of hydrogen-bond acceptors (Lipinski definition) is 8. The van der Waals surface area contributed by atoms with Crippen LogP contribution in [0.2, 0.25) is 0 Å². The lowest BCUT2D eigenvalue weighted by atomic mass is 9.70.